The van der Waals surface area contributed by atoms with Crippen molar-refractivity contribution in [3.63, 3.8) is 0 Å². The van der Waals surface area contributed by atoms with Crippen LogP contribution in [0.3, 0.4) is 0 Å². The summed E-state index contributed by atoms with van der Waals surface area (Å²) < 4.78 is 35.5. The van der Waals surface area contributed by atoms with E-state index in [1.807, 2.05) is 41.9 Å². The largest absolute Gasteiger partial charge is 0.497 e. The lowest BCUT2D eigenvalue weighted by Gasteiger charge is -2.24. The Morgan fingerprint density at radius 1 is 0.947 bits per heavy atom. The number of sulfonamides is 1. The van der Waals surface area contributed by atoms with Gasteiger partial charge in [0.2, 0.25) is 10.0 Å². The maximum atomic E-state index is 13.4. The van der Waals surface area contributed by atoms with Crippen molar-refractivity contribution in [1.29, 1.82) is 0 Å². The summed E-state index contributed by atoms with van der Waals surface area (Å²) in [7, 11) is -2.06. The lowest BCUT2D eigenvalue weighted by atomic mass is 10.1. The Labute approximate surface area is 224 Å². The van der Waals surface area contributed by atoms with Gasteiger partial charge in [-0.05, 0) is 55.7 Å². The summed E-state index contributed by atoms with van der Waals surface area (Å²) in [6.45, 7) is 8.32. The molecule has 0 N–H and O–H groups in total. The summed E-state index contributed by atoms with van der Waals surface area (Å²) in [6.07, 6.45) is 1.43. The molecule has 9 nitrogen and oxygen atoms in total. The molecule has 38 heavy (non-hydrogen) atoms. The van der Waals surface area contributed by atoms with E-state index in [1.54, 1.807) is 35.7 Å². The van der Waals surface area contributed by atoms with E-state index in [9.17, 15) is 8.42 Å². The Bertz CT molecular complexity index is 1520. The fourth-order valence-electron chi connectivity index (χ4n) is 4.88. The second kappa shape index (κ2) is 10.7. The lowest BCUT2D eigenvalue weighted by Crippen LogP contribution is -2.35. The van der Waals surface area contributed by atoms with Gasteiger partial charge in [0.25, 0.3) is 0 Å². The molecule has 0 atom stereocenters. The molecule has 5 rings (SSSR count). The average molecular weight is 535 g/mol. The van der Waals surface area contributed by atoms with Crippen LogP contribution >= 0.6 is 0 Å². The third-order valence-corrected chi connectivity index (χ3v) is 8.69. The molecule has 3 heterocycles. The van der Waals surface area contributed by atoms with E-state index in [0.29, 0.717) is 44.3 Å². The molecule has 2 aromatic heterocycles. The molecule has 1 saturated heterocycles. The number of aromatic nitrogens is 4. The van der Waals surface area contributed by atoms with Gasteiger partial charge < -0.3 is 9.64 Å². The highest BCUT2D eigenvalue weighted by atomic mass is 32.2. The Kier molecular flexibility index (Phi) is 7.36. The van der Waals surface area contributed by atoms with Gasteiger partial charge in [-0.2, -0.15) is 9.40 Å². The molecule has 0 amide bonds. The van der Waals surface area contributed by atoms with Crippen LogP contribution in [0.25, 0.3) is 16.7 Å². The molecule has 200 valence electrons. The van der Waals surface area contributed by atoms with Crippen LogP contribution in [0.5, 0.6) is 5.75 Å². The highest BCUT2D eigenvalue weighted by molar-refractivity contribution is 7.89. The summed E-state index contributed by atoms with van der Waals surface area (Å²) in [6, 6.07) is 16.6. The first kappa shape index (κ1) is 26.1. The zero-order valence-electron chi connectivity index (χ0n) is 22.3. The molecule has 4 aromatic rings. The molecule has 10 heteroatoms. The second-order valence-electron chi connectivity index (χ2n) is 10.0. The molecular weight excluding hydrogens is 500 g/mol. The van der Waals surface area contributed by atoms with Gasteiger partial charge in [0, 0.05) is 32.6 Å². The molecular formula is C28H34N6O3S. The maximum absolute atomic E-state index is 13.4. The number of rotatable bonds is 7. The highest BCUT2D eigenvalue weighted by Crippen LogP contribution is 2.31. The number of nitrogens with zero attached hydrogens (tertiary/aromatic N) is 6. The van der Waals surface area contributed by atoms with Crippen molar-refractivity contribution in [3.05, 3.63) is 66.1 Å². The van der Waals surface area contributed by atoms with E-state index < -0.39 is 10.0 Å². The van der Waals surface area contributed by atoms with Gasteiger partial charge in [0.15, 0.2) is 5.65 Å². The third kappa shape index (κ3) is 5.10. The maximum Gasteiger partial charge on any atom is 0.243 e. The van der Waals surface area contributed by atoms with Crippen molar-refractivity contribution in [2.75, 3.05) is 38.2 Å². The third-order valence-electron chi connectivity index (χ3n) is 6.77. The molecule has 0 unspecified atom stereocenters. The quantitative estimate of drug-likeness (QED) is 0.350. The lowest BCUT2D eigenvalue weighted by molar-refractivity contribution is 0.413. The zero-order chi connectivity index (χ0) is 26.9. The van der Waals surface area contributed by atoms with Crippen LogP contribution in [0.1, 0.15) is 31.8 Å². The first-order chi connectivity index (χ1) is 18.3. The number of hydrogen-bond donors (Lipinski definition) is 0. The van der Waals surface area contributed by atoms with Crippen LogP contribution in [0, 0.1) is 12.8 Å². The Hall–Kier alpha value is -3.50. The van der Waals surface area contributed by atoms with Crippen molar-refractivity contribution in [2.24, 2.45) is 5.92 Å². The molecule has 0 saturated carbocycles. The van der Waals surface area contributed by atoms with Gasteiger partial charge >= 0.3 is 0 Å². The standard InChI is InChI=1S/C28H34N6O3S/c1-20(2)19-25-29-27(26-21(3)31-34(28(26)30-25)22-9-6-5-7-10-22)32-15-8-16-33(18-17-32)38(35,36)24-13-11-23(37-4)12-14-24/h5-7,9-14,20H,8,15-19H2,1-4H3. The van der Waals surface area contributed by atoms with Crippen LogP contribution in [-0.4, -0.2) is 65.8 Å². The van der Waals surface area contributed by atoms with E-state index in [2.05, 4.69) is 18.7 Å². The van der Waals surface area contributed by atoms with Crippen molar-refractivity contribution < 1.29 is 13.2 Å². The SMILES string of the molecule is COc1ccc(S(=O)(=O)N2CCCN(c3nc(CC(C)C)nc4c3c(C)nn4-c3ccccc3)CC2)cc1. The number of anilines is 1. The molecule has 2 aromatic carbocycles. The van der Waals surface area contributed by atoms with Crippen LogP contribution in [0.15, 0.2) is 59.5 Å². The van der Waals surface area contributed by atoms with Gasteiger partial charge in [0.05, 0.1) is 28.8 Å². The molecule has 0 radical (unpaired) electrons. The molecule has 0 aliphatic carbocycles. The number of para-hydroxylation sites is 1. The first-order valence-electron chi connectivity index (χ1n) is 13.0. The van der Waals surface area contributed by atoms with Gasteiger partial charge in [-0.25, -0.2) is 23.1 Å². The first-order valence-corrected chi connectivity index (χ1v) is 14.4. The summed E-state index contributed by atoms with van der Waals surface area (Å²) >= 11 is 0. The monoisotopic (exact) mass is 534 g/mol. The van der Waals surface area contributed by atoms with Gasteiger partial charge in [-0.3, -0.25) is 0 Å². The summed E-state index contributed by atoms with van der Waals surface area (Å²) in [5.41, 5.74) is 2.57. The number of benzene rings is 2. The van der Waals surface area contributed by atoms with Crippen molar-refractivity contribution in [1.82, 2.24) is 24.1 Å². The molecule has 1 aliphatic heterocycles. The smallest absolute Gasteiger partial charge is 0.243 e. The summed E-state index contributed by atoms with van der Waals surface area (Å²) in [5, 5.41) is 5.75. The van der Waals surface area contributed by atoms with E-state index in [4.69, 9.17) is 19.8 Å². The number of ether oxygens (including phenoxy) is 1. The number of hydrogen-bond acceptors (Lipinski definition) is 7. The van der Waals surface area contributed by atoms with Crippen LogP contribution in [0.4, 0.5) is 5.82 Å². The number of aryl methyl sites for hydroxylation is 1. The van der Waals surface area contributed by atoms with Crippen LogP contribution in [0.2, 0.25) is 0 Å². The topological polar surface area (TPSA) is 93.5 Å². The minimum absolute atomic E-state index is 0.273. The molecule has 1 fully saturated rings. The van der Waals surface area contributed by atoms with Gasteiger partial charge in [-0.1, -0.05) is 32.0 Å². The Morgan fingerprint density at radius 3 is 2.37 bits per heavy atom. The number of fused-ring (bicyclic) bond motifs is 1. The van der Waals surface area contributed by atoms with E-state index in [0.717, 1.165) is 40.5 Å². The van der Waals surface area contributed by atoms with Crippen molar-refractivity contribution in [2.45, 2.75) is 38.5 Å². The van der Waals surface area contributed by atoms with E-state index in [1.165, 1.54) is 0 Å². The predicted molar refractivity (Wildman–Crippen MR) is 149 cm³/mol. The molecule has 0 bridgehead atoms. The van der Waals surface area contributed by atoms with Crippen molar-refractivity contribution in [3.8, 4) is 11.4 Å². The van der Waals surface area contributed by atoms with Crippen LogP contribution < -0.4 is 9.64 Å². The van der Waals surface area contributed by atoms with Crippen LogP contribution in [-0.2, 0) is 16.4 Å². The normalized spacial score (nSPS) is 15.2. The highest BCUT2D eigenvalue weighted by Gasteiger charge is 2.29. The summed E-state index contributed by atoms with van der Waals surface area (Å²) in [5.74, 6) is 2.62. The zero-order valence-corrected chi connectivity index (χ0v) is 23.1. The molecule has 0 spiro atoms. The van der Waals surface area contributed by atoms with E-state index >= 15 is 0 Å². The minimum Gasteiger partial charge on any atom is -0.497 e. The van der Waals surface area contributed by atoms with Gasteiger partial charge in [-0.15, -0.1) is 0 Å². The summed E-state index contributed by atoms with van der Waals surface area (Å²) in [4.78, 5) is 12.4. The van der Waals surface area contributed by atoms with E-state index in [-0.39, 0.29) is 4.90 Å². The fourth-order valence-corrected chi connectivity index (χ4v) is 6.35. The number of methoxy groups -OCH3 is 1. The predicted octanol–water partition coefficient (Wildman–Crippen LogP) is 4.23. The fraction of sp³-hybridized carbons (Fsp3) is 0.393. The average Bonchev–Trinajstić information content (AvgIpc) is 3.07. The second-order valence-corrected chi connectivity index (χ2v) is 12.0. The Morgan fingerprint density at radius 2 is 1.68 bits per heavy atom. The van der Waals surface area contributed by atoms with Crippen molar-refractivity contribution >= 4 is 26.9 Å². The van der Waals surface area contributed by atoms with Gasteiger partial charge in [0.1, 0.15) is 17.4 Å². The Balaban J connectivity index is 1.50. The molecule has 1 aliphatic rings. The minimum atomic E-state index is -3.62.